The van der Waals surface area contributed by atoms with Crippen LogP contribution < -0.4 is 4.72 Å². The van der Waals surface area contributed by atoms with Crippen LogP contribution in [0.3, 0.4) is 0 Å². The molecule has 1 saturated heterocycles. The number of nitrogens with zero attached hydrogens (tertiary/aromatic N) is 5. The SMILES string of the molecule is [N-]=[N+]=NCC1CCN(CCNS(=O)(=O)c2ccc(-c3cccnc3Cl)cc2)CC1. The molecule has 0 amide bonds. The van der Waals surface area contributed by atoms with E-state index in [-0.39, 0.29) is 4.90 Å². The predicted molar refractivity (Wildman–Crippen MR) is 113 cm³/mol. The molecule has 0 aliphatic carbocycles. The minimum Gasteiger partial charge on any atom is -0.302 e. The fourth-order valence-electron chi connectivity index (χ4n) is 3.38. The van der Waals surface area contributed by atoms with Crippen molar-refractivity contribution in [1.82, 2.24) is 14.6 Å². The Kier molecular flexibility index (Phi) is 7.46. The summed E-state index contributed by atoms with van der Waals surface area (Å²) < 4.78 is 27.8. The lowest BCUT2D eigenvalue weighted by molar-refractivity contribution is 0.190. The van der Waals surface area contributed by atoms with E-state index in [2.05, 4.69) is 24.6 Å². The van der Waals surface area contributed by atoms with E-state index in [1.807, 2.05) is 6.07 Å². The number of benzene rings is 1. The lowest BCUT2D eigenvalue weighted by Crippen LogP contribution is -2.40. The lowest BCUT2D eigenvalue weighted by atomic mass is 9.97. The number of rotatable bonds is 8. The van der Waals surface area contributed by atoms with Crippen LogP contribution in [0.2, 0.25) is 5.15 Å². The van der Waals surface area contributed by atoms with Crippen LogP contribution in [0.1, 0.15) is 12.8 Å². The van der Waals surface area contributed by atoms with Crippen LogP contribution in [0.4, 0.5) is 0 Å². The molecule has 154 valence electrons. The highest BCUT2D eigenvalue weighted by Gasteiger charge is 2.19. The molecule has 0 spiro atoms. The van der Waals surface area contributed by atoms with Crippen molar-refractivity contribution in [3.8, 4) is 11.1 Å². The first-order valence-electron chi connectivity index (χ1n) is 9.43. The number of hydrogen-bond donors (Lipinski definition) is 1. The normalized spacial score (nSPS) is 15.8. The van der Waals surface area contributed by atoms with Gasteiger partial charge in [0.1, 0.15) is 5.15 Å². The summed E-state index contributed by atoms with van der Waals surface area (Å²) in [6.07, 6.45) is 3.53. The molecule has 1 fully saturated rings. The average Bonchev–Trinajstić information content (AvgIpc) is 2.73. The third-order valence-electron chi connectivity index (χ3n) is 5.07. The zero-order chi connectivity index (χ0) is 20.7. The fraction of sp³-hybridized carbons (Fsp3) is 0.421. The molecule has 0 unspecified atom stereocenters. The first-order chi connectivity index (χ1) is 14.0. The Bertz CT molecular complexity index is 968. The Balaban J connectivity index is 1.51. The van der Waals surface area contributed by atoms with Crippen molar-refractivity contribution in [2.24, 2.45) is 11.0 Å². The molecular weight excluding hydrogens is 412 g/mol. The van der Waals surface area contributed by atoms with Gasteiger partial charge < -0.3 is 4.90 Å². The molecule has 1 aliphatic heterocycles. The van der Waals surface area contributed by atoms with Gasteiger partial charge in [0.05, 0.1) is 4.90 Å². The summed E-state index contributed by atoms with van der Waals surface area (Å²) in [5, 5.41) is 4.02. The van der Waals surface area contributed by atoms with E-state index < -0.39 is 10.0 Å². The van der Waals surface area contributed by atoms with Crippen molar-refractivity contribution in [2.75, 3.05) is 32.7 Å². The number of pyridine rings is 1. The van der Waals surface area contributed by atoms with Gasteiger partial charge in [0.25, 0.3) is 0 Å². The van der Waals surface area contributed by atoms with Gasteiger partial charge in [-0.15, -0.1) is 0 Å². The summed E-state index contributed by atoms with van der Waals surface area (Å²) >= 11 is 6.10. The molecule has 2 heterocycles. The van der Waals surface area contributed by atoms with Crippen LogP contribution in [0.25, 0.3) is 21.6 Å². The van der Waals surface area contributed by atoms with E-state index in [4.69, 9.17) is 17.1 Å². The maximum Gasteiger partial charge on any atom is 0.240 e. The number of piperidine rings is 1. The van der Waals surface area contributed by atoms with Crippen LogP contribution in [-0.2, 0) is 10.0 Å². The zero-order valence-corrected chi connectivity index (χ0v) is 17.5. The van der Waals surface area contributed by atoms with Crippen LogP contribution in [0.5, 0.6) is 0 Å². The van der Waals surface area contributed by atoms with Crippen molar-refractivity contribution in [1.29, 1.82) is 0 Å². The molecule has 1 aromatic carbocycles. The third kappa shape index (κ3) is 5.91. The quantitative estimate of drug-likeness (QED) is 0.295. The first kappa shape index (κ1) is 21.5. The Morgan fingerprint density at radius 3 is 2.62 bits per heavy atom. The number of nitrogens with one attached hydrogen (secondary N) is 1. The monoisotopic (exact) mass is 434 g/mol. The second-order valence-electron chi connectivity index (χ2n) is 6.96. The van der Waals surface area contributed by atoms with Gasteiger partial charge in [0.15, 0.2) is 0 Å². The summed E-state index contributed by atoms with van der Waals surface area (Å²) in [4.78, 5) is 9.29. The van der Waals surface area contributed by atoms with Crippen molar-refractivity contribution in [2.45, 2.75) is 17.7 Å². The molecule has 0 atom stereocenters. The summed E-state index contributed by atoms with van der Waals surface area (Å²) in [7, 11) is -3.57. The Morgan fingerprint density at radius 1 is 1.24 bits per heavy atom. The molecule has 8 nitrogen and oxygen atoms in total. The molecule has 3 rings (SSSR count). The molecule has 0 radical (unpaired) electrons. The second kappa shape index (κ2) is 10.0. The second-order valence-corrected chi connectivity index (χ2v) is 9.09. The molecule has 2 aromatic rings. The fourth-order valence-corrected chi connectivity index (χ4v) is 4.63. The number of azide groups is 1. The highest BCUT2D eigenvalue weighted by molar-refractivity contribution is 7.89. The summed E-state index contributed by atoms with van der Waals surface area (Å²) in [6, 6.07) is 10.2. The van der Waals surface area contributed by atoms with Crippen LogP contribution >= 0.6 is 11.6 Å². The Hall–Kier alpha value is -2.16. The third-order valence-corrected chi connectivity index (χ3v) is 6.84. The lowest BCUT2D eigenvalue weighted by Gasteiger charge is -2.31. The largest absolute Gasteiger partial charge is 0.302 e. The molecule has 0 saturated carbocycles. The van der Waals surface area contributed by atoms with Gasteiger partial charge in [0, 0.05) is 36.3 Å². The predicted octanol–water partition coefficient (Wildman–Crippen LogP) is 3.70. The maximum absolute atomic E-state index is 12.5. The standard InChI is InChI=1S/C19H23ClN6O2S/c20-19-18(2-1-9-22-19)16-3-5-17(6-4-16)29(27,28)24-10-13-26-11-7-15(8-12-26)14-23-25-21/h1-6,9,15,24H,7-8,10-14H2. The number of sulfonamides is 1. The zero-order valence-electron chi connectivity index (χ0n) is 15.9. The van der Waals surface area contributed by atoms with E-state index >= 15 is 0 Å². The molecule has 1 aliphatic rings. The molecule has 0 bridgehead atoms. The summed E-state index contributed by atoms with van der Waals surface area (Å²) in [6.45, 7) is 3.30. The van der Waals surface area contributed by atoms with Gasteiger partial charge in [-0.3, -0.25) is 0 Å². The van der Waals surface area contributed by atoms with E-state index in [0.717, 1.165) is 37.1 Å². The molecule has 10 heteroatoms. The topological polar surface area (TPSA) is 111 Å². The van der Waals surface area contributed by atoms with Gasteiger partial charge in [-0.05, 0) is 67.2 Å². The first-order valence-corrected chi connectivity index (χ1v) is 11.3. The van der Waals surface area contributed by atoms with Crippen molar-refractivity contribution >= 4 is 21.6 Å². The van der Waals surface area contributed by atoms with Crippen LogP contribution in [-0.4, -0.2) is 51.0 Å². The van der Waals surface area contributed by atoms with E-state index in [1.165, 1.54) is 0 Å². The summed E-state index contributed by atoms with van der Waals surface area (Å²) in [5.74, 6) is 0.422. The van der Waals surface area contributed by atoms with Crippen molar-refractivity contribution < 1.29 is 8.42 Å². The van der Waals surface area contributed by atoms with Gasteiger partial charge >= 0.3 is 0 Å². The van der Waals surface area contributed by atoms with Crippen molar-refractivity contribution in [3.05, 3.63) is 58.2 Å². The van der Waals surface area contributed by atoms with E-state index in [1.54, 1.807) is 36.5 Å². The highest BCUT2D eigenvalue weighted by atomic mass is 35.5. The van der Waals surface area contributed by atoms with Gasteiger partial charge in [-0.1, -0.05) is 28.8 Å². The number of halogens is 1. The summed E-state index contributed by atoms with van der Waals surface area (Å²) in [5.41, 5.74) is 9.96. The van der Waals surface area contributed by atoms with Gasteiger partial charge in [-0.25, -0.2) is 18.1 Å². The highest BCUT2D eigenvalue weighted by Crippen LogP contribution is 2.26. The Labute approximate surface area is 175 Å². The molecule has 1 aromatic heterocycles. The van der Waals surface area contributed by atoms with Crippen molar-refractivity contribution in [3.63, 3.8) is 0 Å². The minimum atomic E-state index is -3.57. The smallest absolute Gasteiger partial charge is 0.240 e. The number of aromatic nitrogens is 1. The molecule has 1 N–H and O–H groups in total. The number of hydrogen-bond acceptors (Lipinski definition) is 5. The van der Waals surface area contributed by atoms with Gasteiger partial charge in [0.2, 0.25) is 10.0 Å². The number of likely N-dealkylation sites (tertiary alicyclic amines) is 1. The minimum absolute atomic E-state index is 0.217. The van der Waals surface area contributed by atoms with E-state index in [0.29, 0.717) is 30.7 Å². The molecular formula is C19H23ClN6O2S. The Morgan fingerprint density at radius 2 is 1.97 bits per heavy atom. The maximum atomic E-state index is 12.5. The van der Waals surface area contributed by atoms with Gasteiger partial charge in [-0.2, -0.15) is 0 Å². The average molecular weight is 435 g/mol. The molecule has 29 heavy (non-hydrogen) atoms. The van der Waals surface area contributed by atoms with Crippen LogP contribution in [0.15, 0.2) is 52.6 Å². The van der Waals surface area contributed by atoms with Crippen LogP contribution in [0, 0.1) is 5.92 Å². The van der Waals surface area contributed by atoms with E-state index in [9.17, 15) is 8.42 Å².